The monoisotopic (exact) mass is 633 g/mol. The molecule has 1 aromatic rings. The van der Waals surface area contributed by atoms with Crippen molar-refractivity contribution in [1.82, 2.24) is 4.90 Å². The second kappa shape index (κ2) is 9.91. The van der Waals surface area contributed by atoms with E-state index in [1.165, 1.54) is 21.3 Å². The van der Waals surface area contributed by atoms with Crippen LogP contribution in [-0.4, -0.2) is 143 Å². The van der Waals surface area contributed by atoms with E-state index in [4.69, 9.17) is 23.7 Å². The summed E-state index contributed by atoms with van der Waals surface area (Å²) in [5.41, 5.74) is -8.68. The highest BCUT2D eigenvalue weighted by Gasteiger charge is 2.96. The number of methoxy groups -OCH3 is 3. The lowest BCUT2D eigenvalue weighted by Gasteiger charge is -2.72. The lowest BCUT2D eigenvalue weighted by atomic mass is 9.40. The van der Waals surface area contributed by atoms with Crippen molar-refractivity contribution in [1.29, 1.82) is 0 Å². The summed E-state index contributed by atoms with van der Waals surface area (Å²) in [5.74, 6) is -5.00. The number of nitrogens with zero attached hydrogens (tertiary/aromatic N) is 1. The molecular formula is C32H43NO12. The van der Waals surface area contributed by atoms with Crippen molar-refractivity contribution >= 4 is 11.9 Å². The van der Waals surface area contributed by atoms with Crippen molar-refractivity contribution in [3.63, 3.8) is 0 Å². The highest BCUT2D eigenvalue weighted by molar-refractivity contribution is 5.89. The van der Waals surface area contributed by atoms with Gasteiger partial charge in [0.25, 0.3) is 0 Å². The number of fused-ring (bicyclic) bond motifs is 2. The van der Waals surface area contributed by atoms with Gasteiger partial charge in [-0.2, -0.15) is 0 Å². The maximum Gasteiger partial charge on any atom is 0.338 e. The lowest BCUT2D eigenvalue weighted by Crippen LogP contribution is -2.85. The van der Waals surface area contributed by atoms with Crippen molar-refractivity contribution in [2.75, 3.05) is 41.5 Å². The van der Waals surface area contributed by atoms with Crippen LogP contribution in [-0.2, 0) is 28.5 Å². The first-order chi connectivity index (χ1) is 21.3. The number of aliphatic hydroxyl groups is 5. The van der Waals surface area contributed by atoms with Crippen LogP contribution in [0.2, 0.25) is 0 Å². The fraction of sp³-hybridized carbons (Fsp3) is 0.750. The van der Waals surface area contributed by atoms with Crippen LogP contribution >= 0.6 is 0 Å². The van der Waals surface area contributed by atoms with Crippen LogP contribution in [0, 0.1) is 28.6 Å². The molecule has 248 valence electrons. The predicted octanol–water partition coefficient (Wildman–Crippen LogP) is -1.28. The number of carbonyl (C=O) groups excluding carboxylic acids is 2. The molecule has 0 amide bonds. The Bertz CT molecular complexity index is 1380. The molecule has 0 radical (unpaired) electrons. The van der Waals surface area contributed by atoms with E-state index in [0.29, 0.717) is 0 Å². The molecule has 15 atom stereocenters. The van der Waals surface area contributed by atoms with Crippen molar-refractivity contribution in [2.45, 2.75) is 79.2 Å². The van der Waals surface area contributed by atoms with E-state index in [9.17, 15) is 35.1 Å². The standard InChI is InChI=1S/C32H43NO12/c1-15(34)45-32-19-20(36)21-28(14-41-3)13-33(2)23(19)31(21,18(42-4)11-17(28)35)30(40)12-29(39,26(43-5)24(32)37)25(22(30)32)44-27(38)16-9-7-6-8-10-16/h6-10,17-26,35-37,39-40H,11-14H2,1-5H3. The number of hydrogen-bond donors (Lipinski definition) is 5. The topological polar surface area (TPSA) is 185 Å². The van der Waals surface area contributed by atoms with E-state index >= 15 is 0 Å². The number of rotatable bonds is 7. The quantitative estimate of drug-likeness (QED) is 0.224. The van der Waals surface area contributed by atoms with Crippen molar-refractivity contribution in [2.24, 2.45) is 28.6 Å². The van der Waals surface area contributed by atoms with Crippen LogP contribution in [0.25, 0.3) is 0 Å². The van der Waals surface area contributed by atoms with Gasteiger partial charge in [0.15, 0.2) is 5.60 Å². The molecule has 6 aliphatic rings. The first-order valence-corrected chi connectivity index (χ1v) is 15.5. The van der Waals surface area contributed by atoms with Gasteiger partial charge in [0.05, 0.1) is 42.0 Å². The molecule has 5 aliphatic carbocycles. The second-order valence-corrected chi connectivity index (χ2v) is 14.2. The lowest BCUT2D eigenvalue weighted by molar-refractivity contribution is -0.353. The van der Waals surface area contributed by atoms with Crippen LogP contribution < -0.4 is 0 Å². The number of hydrogen-bond acceptors (Lipinski definition) is 13. The molecule has 1 aromatic carbocycles. The highest BCUT2D eigenvalue weighted by Crippen LogP contribution is 2.81. The molecule has 6 fully saturated rings. The maximum atomic E-state index is 13.6. The average Bonchev–Trinajstić information content (AvgIpc) is 3.33. The summed E-state index contributed by atoms with van der Waals surface area (Å²) in [5, 5.41) is 62.8. The zero-order valence-electron chi connectivity index (χ0n) is 26.0. The third kappa shape index (κ3) is 3.34. The Morgan fingerprint density at radius 2 is 1.69 bits per heavy atom. The van der Waals surface area contributed by atoms with E-state index in [-0.39, 0.29) is 25.1 Å². The van der Waals surface area contributed by atoms with Gasteiger partial charge in [0.1, 0.15) is 23.9 Å². The van der Waals surface area contributed by atoms with E-state index in [0.717, 1.165) is 6.92 Å². The summed E-state index contributed by atoms with van der Waals surface area (Å²) < 4.78 is 29.9. The Hall–Kier alpha value is -2.20. The Balaban J connectivity index is 1.54. The number of ether oxygens (including phenoxy) is 5. The molecule has 1 heterocycles. The summed E-state index contributed by atoms with van der Waals surface area (Å²) in [6, 6.07) is 7.37. The summed E-state index contributed by atoms with van der Waals surface area (Å²) in [6.07, 6.45) is -8.41. The number of piperidine rings is 1. The van der Waals surface area contributed by atoms with Crippen LogP contribution in [0.5, 0.6) is 0 Å². The predicted molar refractivity (Wildman–Crippen MR) is 153 cm³/mol. The van der Waals surface area contributed by atoms with Crippen LogP contribution in [0.15, 0.2) is 30.3 Å². The largest absolute Gasteiger partial charge is 0.455 e. The summed E-state index contributed by atoms with van der Waals surface area (Å²) in [4.78, 5) is 28.6. The minimum atomic E-state index is -2.16. The SMILES string of the molecule is COCC12CN(C)C3C4C(O)C1C3(C(OC)CC2O)C1(O)CC2(O)C(OC)C(O)C4(OC(C)=O)C1C2OC(=O)c1ccccc1. The Kier molecular flexibility index (Phi) is 6.91. The Labute approximate surface area is 261 Å². The highest BCUT2D eigenvalue weighted by atomic mass is 16.6. The van der Waals surface area contributed by atoms with Gasteiger partial charge in [-0.3, -0.25) is 4.79 Å². The molecular weight excluding hydrogens is 590 g/mol. The maximum absolute atomic E-state index is 13.6. The molecule has 5 N–H and O–H groups in total. The van der Waals surface area contributed by atoms with Gasteiger partial charge in [-0.1, -0.05) is 18.2 Å². The molecule has 0 aromatic heterocycles. The van der Waals surface area contributed by atoms with Gasteiger partial charge >= 0.3 is 11.9 Å². The summed E-state index contributed by atoms with van der Waals surface area (Å²) in [6.45, 7) is 1.46. The molecule has 7 bridgehead atoms. The summed E-state index contributed by atoms with van der Waals surface area (Å²) >= 11 is 0. The van der Waals surface area contributed by atoms with Crippen molar-refractivity contribution in [3.8, 4) is 0 Å². The smallest absolute Gasteiger partial charge is 0.338 e. The third-order valence-corrected chi connectivity index (χ3v) is 12.7. The number of carbonyl (C=O) groups is 2. The van der Waals surface area contributed by atoms with E-state index < -0.39 is 106 Å². The van der Waals surface area contributed by atoms with Gasteiger partial charge < -0.3 is 54.1 Å². The molecule has 45 heavy (non-hydrogen) atoms. The Morgan fingerprint density at radius 3 is 2.29 bits per heavy atom. The Morgan fingerprint density at radius 1 is 1.00 bits per heavy atom. The zero-order chi connectivity index (χ0) is 32.5. The number of benzene rings is 1. The van der Waals surface area contributed by atoms with E-state index in [2.05, 4.69) is 0 Å². The van der Waals surface area contributed by atoms with Gasteiger partial charge in [-0.15, -0.1) is 0 Å². The first kappa shape index (κ1) is 31.4. The molecule has 7 rings (SSSR count). The van der Waals surface area contributed by atoms with E-state index in [1.54, 1.807) is 37.4 Å². The normalized spacial score (nSPS) is 52.4. The zero-order valence-corrected chi connectivity index (χ0v) is 26.0. The minimum absolute atomic E-state index is 0.0269. The second-order valence-electron chi connectivity index (χ2n) is 14.2. The van der Waals surface area contributed by atoms with Gasteiger partial charge in [-0.25, -0.2) is 4.79 Å². The number of likely N-dealkylation sites (tertiary alicyclic amines) is 1. The van der Waals surface area contributed by atoms with Crippen LogP contribution in [0.3, 0.4) is 0 Å². The fourth-order valence-electron chi connectivity index (χ4n) is 12.0. The van der Waals surface area contributed by atoms with Crippen LogP contribution in [0.1, 0.15) is 30.1 Å². The van der Waals surface area contributed by atoms with Crippen molar-refractivity contribution < 1.29 is 58.8 Å². The number of aliphatic hydroxyl groups excluding tert-OH is 3. The molecule has 15 unspecified atom stereocenters. The molecule has 5 saturated carbocycles. The molecule has 13 nitrogen and oxygen atoms in total. The average molecular weight is 634 g/mol. The van der Waals surface area contributed by atoms with Crippen molar-refractivity contribution in [3.05, 3.63) is 35.9 Å². The van der Waals surface area contributed by atoms with E-state index in [1.807, 2.05) is 4.90 Å². The van der Waals surface area contributed by atoms with Crippen LogP contribution in [0.4, 0.5) is 0 Å². The number of esters is 2. The molecule has 1 aliphatic heterocycles. The first-order valence-electron chi connectivity index (χ1n) is 15.5. The molecule has 13 heteroatoms. The fourth-order valence-corrected chi connectivity index (χ4v) is 12.0. The van der Waals surface area contributed by atoms with Gasteiger partial charge in [0.2, 0.25) is 0 Å². The minimum Gasteiger partial charge on any atom is -0.455 e. The van der Waals surface area contributed by atoms with Gasteiger partial charge in [-0.05, 0) is 19.2 Å². The molecule has 1 saturated heterocycles. The van der Waals surface area contributed by atoms with Gasteiger partial charge in [0, 0.05) is 76.3 Å². The molecule has 1 spiro atoms. The summed E-state index contributed by atoms with van der Waals surface area (Å²) in [7, 11) is 6.04. The third-order valence-electron chi connectivity index (χ3n) is 12.7.